The number of nitrogens with one attached hydrogen (secondary N) is 1. The minimum atomic E-state index is -0.503. The van der Waals surface area contributed by atoms with Crippen molar-refractivity contribution in [2.24, 2.45) is 11.0 Å². The maximum atomic E-state index is 12.4. The molecule has 0 radical (unpaired) electrons. The number of hydrazone groups is 1. The quantitative estimate of drug-likeness (QED) is 0.323. The molecule has 1 amide bonds. The Morgan fingerprint density at radius 3 is 2.33 bits per heavy atom. The molecule has 1 aliphatic carbocycles. The molecule has 0 aliphatic heterocycles. The zero-order valence-electron chi connectivity index (χ0n) is 17.2. The summed E-state index contributed by atoms with van der Waals surface area (Å²) in [5.41, 5.74) is 3.75. The summed E-state index contributed by atoms with van der Waals surface area (Å²) in [4.78, 5) is 24.5. The van der Waals surface area contributed by atoms with Crippen molar-refractivity contribution >= 4 is 18.1 Å². The summed E-state index contributed by atoms with van der Waals surface area (Å²) in [7, 11) is 3.03. The molecule has 1 aliphatic rings. The summed E-state index contributed by atoms with van der Waals surface area (Å²) in [5.74, 6) is 0.929. The van der Waals surface area contributed by atoms with Gasteiger partial charge in [0.15, 0.2) is 11.5 Å². The first-order chi connectivity index (χ1) is 14.6. The van der Waals surface area contributed by atoms with Gasteiger partial charge in [-0.2, -0.15) is 5.10 Å². The molecule has 0 bridgehead atoms. The molecule has 0 unspecified atom stereocenters. The van der Waals surface area contributed by atoms with E-state index in [0.717, 1.165) is 31.2 Å². The largest absolute Gasteiger partial charge is 0.493 e. The van der Waals surface area contributed by atoms with E-state index in [9.17, 15) is 9.59 Å². The van der Waals surface area contributed by atoms with Gasteiger partial charge < -0.3 is 14.2 Å². The van der Waals surface area contributed by atoms with Gasteiger partial charge in [-0.25, -0.2) is 10.2 Å². The number of hydrogen-bond acceptors (Lipinski definition) is 6. The highest BCUT2D eigenvalue weighted by molar-refractivity contribution is 5.92. The fourth-order valence-corrected chi connectivity index (χ4v) is 3.38. The number of nitrogens with zero attached hydrogens (tertiary/aromatic N) is 1. The van der Waals surface area contributed by atoms with Crippen molar-refractivity contribution in [1.29, 1.82) is 0 Å². The minimum Gasteiger partial charge on any atom is -0.493 e. The number of carbonyl (C=O) groups is 2. The van der Waals surface area contributed by atoms with Gasteiger partial charge in [0, 0.05) is 5.92 Å². The predicted molar refractivity (Wildman–Crippen MR) is 113 cm³/mol. The smallest absolute Gasteiger partial charge is 0.343 e. The summed E-state index contributed by atoms with van der Waals surface area (Å²) in [6.45, 7) is 0. The lowest BCUT2D eigenvalue weighted by Crippen LogP contribution is -2.28. The molecular formula is C23H26N2O5. The second-order valence-electron chi connectivity index (χ2n) is 7.10. The van der Waals surface area contributed by atoms with Crippen LogP contribution in [0.5, 0.6) is 17.2 Å². The second kappa shape index (κ2) is 10.4. The van der Waals surface area contributed by atoms with Crippen molar-refractivity contribution < 1.29 is 23.8 Å². The van der Waals surface area contributed by atoms with E-state index in [0.29, 0.717) is 22.8 Å². The van der Waals surface area contributed by atoms with Crippen molar-refractivity contribution in [2.45, 2.75) is 32.1 Å². The third-order valence-corrected chi connectivity index (χ3v) is 5.07. The van der Waals surface area contributed by atoms with Crippen LogP contribution in [0.3, 0.4) is 0 Å². The second-order valence-corrected chi connectivity index (χ2v) is 7.10. The van der Waals surface area contributed by atoms with Crippen LogP contribution in [-0.2, 0) is 4.79 Å². The van der Waals surface area contributed by atoms with E-state index in [1.807, 2.05) is 0 Å². The Labute approximate surface area is 176 Å². The van der Waals surface area contributed by atoms with Crippen LogP contribution in [-0.4, -0.2) is 32.3 Å². The summed E-state index contributed by atoms with van der Waals surface area (Å²) in [6, 6.07) is 11.7. The highest BCUT2D eigenvalue weighted by Crippen LogP contribution is 2.28. The number of rotatable bonds is 7. The molecule has 1 N–H and O–H groups in total. The number of esters is 1. The number of carbonyl (C=O) groups excluding carboxylic acids is 2. The van der Waals surface area contributed by atoms with Gasteiger partial charge in [-0.05, 0) is 60.9 Å². The Morgan fingerprint density at radius 1 is 0.967 bits per heavy atom. The van der Waals surface area contributed by atoms with E-state index in [4.69, 9.17) is 14.2 Å². The molecule has 1 fully saturated rings. The first-order valence-electron chi connectivity index (χ1n) is 9.98. The zero-order valence-corrected chi connectivity index (χ0v) is 17.2. The molecule has 0 spiro atoms. The van der Waals surface area contributed by atoms with Crippen molar-refractivity contribution in [1.82, 2.24) is 5.43 Å². The predicted octanol–water partition coefficient (Wildman–Crippen LogP) is 3.95. The molecule has 0 heterocycles. The molecule has 2 aromatic carbocycles. The van der Waals surface area contributed by atoms with Crippen molar-refractivity contribution in [3.63, 3.8) is 0 Å². The number of hydrogen-bond donors (Lipinski definition) is 1. The molecule has 7 nitrogen and oxygen atoms in total. The van der Waals surface area contributed by atoms with Crippen LogP contribution in [0.1, 0.15) is 48.0 Å². The molecule has 0 aromatic heterocycles. The third-order valence-electron chi connectivity index (χ3n) is 5.07. The van der Waals surface area contributed by atoms with E-state index >= 15 is 0 Å². The van der Waals surface area contributed by atoms with E-state index in [-0.39, 0.29) is 11.8 Å². The van der Waals surface area contributed by atoms with E-state index < -0.39 is 5.97 Å². The maximum Gasteiger partial charge on any atom is 0.343 e. The van der Waals surface area contributed by atoms with Crippen LogP contribution in [0, 0.1) is 5.92 Å². The molecule has 158 valence electrons. The van der Waals surface area contributed by atoms with Crippen LogP contribution >= 0.6 is 0 Å². The number of benzene rings is 2. The zero-order chi connectivity index (χ0) is 21.3. The van der Waals surface area contributed by atoms with Crippen molar-refractivity contribution in [3.8, 4) is 17.2 Å². The average molecular weight is 410 g/mol. The fourth-order valence-electron chi connectivity index (χ4n) is 3.38. The summed E-state index contributed by atoms with van der Waals surface area (Å²) >= 11 is 0. The summed E-state index contributed by atoms with van der Waals surface area (Å²) < 4.78 is 15.8. The molecule has 0 atom stereocenters. The molecule has 3 rings (SSSR count). The van der Waals surface area contributed by atoms with Gasteiger partial charge in [-0.15, -0.1) is 0 Å². The topological polar surface area (TPSA) is 86.2 Å². The van der Waals surface area contributed by atoms with Gasteiger partial charge >= 0.3 is 5.97 Å². The van der Waals surface area contributed by atoms with E-state index in [2.05, 4.69) is 10.5 Å². The Bertz CT molecular complexity index is 902. The molecule has 0 saturated heterocycles. The van der Waals surface area contributed by atoms with E-state index in [1.165, 1.54) is 20.6 Å². The lowest BCUT2D eigenvalue weighted by molar-refractivity contribution is -0.125. The summed E-state index contributed by atoms with van der Waals surface area (Å²) in [6.07, 6.45) is 6.84. The van der Waals surface area contributed by atoms with Crippen molar-refractivity contribution in [3.05, 3.63) is 53.6 Å². The molecule has 1 saturated carbocycles. The van der Waals surface area contributed by atoms with Crippen molar-refractivity contribution in [2.75, 3.05) is 14.2 Å². The van der Waals surface area contributed by atoms with Crippen LogP contribution in [0.15, 0.2) is 47.6 Å². The van der Waals surface area contributed by atoms with Crippen LogP contribution < -0.4 is 19.6 Å². The first kappa shape index (κ1) is 21.4. The van der Waals surface area contributed by atoms with Crippen LogP contribution in [0.4, 0.5) is 0 Å². The Hall–Kier alpha value is -3.35. The molecule has 30 heavy (non-hydrogen) atoms. The number of amides is 1. The summed E-state index contributed by atoms with van der Waals surface area (Å²) in [5, 5.41) is 4.03. The Balaban J connectivity index is 1.55. The number of methoxy groups -OCH3 is 2. The fraction of sp³-hybridized carbons (Fsp3) is 0.348. The Kier molecular flexibility index (Phi) is 7.43. The first-order valence-corrected chi connectivity index (χ1v) is 9.98. The van der Waals surface area contributed by atoms with Gasteiger partial charge in [0.1, 0.15) is 5.75 Å². The van der Waals surface area contributed by atoms with Gasteiger partial charge in [-0.1, -0.05) is 19.3 Å². The van der Waals surface area contributed by atoms with Crippen LogP contribution in [0.2, 0.25) is 0 Å². The van der Waals surface area contributed by atoms with Gasteiger partial charge in [0.25, 0.3) is 0 Å². The normalized spacial score (nSPS) is 14.3. The maximum absolute atomic E-state index is 12.4. The third kappa shape index (κ3) is 5.59. The molecule has 7 heteroatoms. The highest BCUT2D eigenvalue weighted by Gasteiger charge is 2.20. The molecular weight excluding hydrogens is 384 g/mol. The average Bonchev–Trinajstić information content (AvgIpc) is 2.80. The van der Waals surface area contributed by atoms with Crippen LogP contribution in [0.25, 0.3) is 0 Å². The van der Waals surface area contributed by atoms with Gasteiger partial charge in [-0.3, -0.25) is 4.79 Å². The highest BCUT2D eigenvalue weighted by atomic mass is 16.5. The minimum absolute atomic E-state index is 0.0218. The van der Waals surface area contributed by atoms with Gasteiger partial charge in [0.05, 0.1) is 26.0 Å². The number of ether oxygens (including phenoxy) is 3. The molecule has 2 aromatic rings. The lowest BCUT2D eigenvalue weighted by atomic mass is 9.89. The monoisotopic (exact) mass is 410 g/mol. The van der Waals surface area contributed by atoms with E-state index in [1.54, 1.807) is 48.7 Å². The van der Waals surface area contributed by atoms with Gasteiger partial charge in [0.2, 0.25) is 5.91 Å². The Morgan fingerprint density at radius 2 is 1.67 bits per heavy atom. The lowest BCUT2D eigenvalue weighted by Gasteiger charge is -2.19. The standard InChI is InChI=1S/C23H26N2O5/c1-28-20-13-10-18(14-21(20)29-2)23(27)30-19-11-8-16(9-12-19)15-24-25-22(26)17-6-4-3-5-7-17/h8-15,17H,3-7H2,1-2H3,(H,25,26). The SMILES string of the molecule is COc1ccc(C(=O)Oc2ccc(C=NNC(=O)C3CCCCC3)cc2)cc1OC.